The molecule has 0 radical (unpaired) electrons. The van der Waals surface area contributed by atoms with Crippen LogP contribution in [0.25, 0.3) is 11.3 Å². The number of rotatable bonds is 6. The molecule has 36 heavy (non-hydrogen) atoms. The molecule has 3 aromatic rings. The Hall–Kier alpha value is -3.45. The molecule has 10 heteroatoms. The minimum Gasteiger partial charge on any atom is -0.488 e. The second kappa shape index (κ2) is 11.5. The van der Waals surface area contributed by atoms with E-state index in [9.17, 15) is 5.26 Å². The van der Waals surface area contributed by atoms with E-state index in [1.165, 1.54) is 0 Å². The Kier molecular flexibility index (Phi) is 8.21. The lowest BCUT2D eigenvalue weighted by atomic mass is 10.1. The van der Waals surface area contributed by atoms with Gasteiger partial charge in [0.05, 0.1) is 23.1 Å². The van der Waals surface area contributed by atoms with E-state index < -0.39 is 0 Å². The topological polar surface area (TPSA) is 93.4 Å². The van der Waals surface area contributed by atoms with Crippen LogP contribution in [0.4, 0.5) is 17.5 Å². The van der Waals surface area contributed by atoms with E-state index in [1.54, 1.807) is 6.20 Å². The average molecular weight is 507 g/mol. The number of nitriles is 1. The maximum atomic E-state index is 9.70. The van der Waals surface area contributed by atoms with Crippen molar-refractivity contribution in [1.82, 2.24) is 24.8 Å². The highest BCUT2D eigenvalue weighted by Gasteiger charge is 2.22. The minimum atomic E-state index is 0. The summed E-state index contributed by atoms with van der Waals surface area (Å²) < 4.78 is 6.10. The summed E-state index contributed by atoms with van der Waals surface area (Å²) in [5.41, 5.74) is 3.18. The van der Waals surface area contributed by atoms with Crippen LogP contribution in [0.5, 0.6) is 5.75 Å². The fraction of sp³-hybridized carbons (Fsp3) is 0.385. The summed E-state index contributed by atoms with van der Waals surface area (Å²) in [5.74, 6) is 1.76. The molecule has 2 aliphatic heterocycles. The first-order chi connectivity index (χ1) is 17.1. The highest BCUT2D eigenvalue weighted by atomic mass is 35.5. The van der Waals surface area contributed by atoms with Gasteiger partial charge in [-0.15, -0.1) is 12.4 Å². The van der Waals surface area contributed by atoms with E-state index in [1.807, 2.05) is 36.5 Å². The fourth-order valence-corrected chi connectivity index (χ4v) is 4.46. The number of anilines is 3. The Morgan fingerprint density at radius 3 is 2.53 bits per heavy atom. The SMILES string of the molecule is CN1CCN(c2ccc(Nc3nccc(-c4ccc(OC5CCN(C)C5)c(C#N)c4)n3)nc2)CC1.Cl. The van der Waals surface area contributed by atoms with E-state index in [4.69, 9.17) is 4.74 Å². The summed E-state index contributed by atoms with van der Waals surface area (Å²) in [6.45, 7) is 6.00. The molecule has 188 valence electrons. The van der Waals surface area contributed by atoms with Gasteiger partial charge in [0.1, 0.15) is 23.7 Å². The predicted octanol–water partition coefficient (Wildman–Crippen LogP) is 3.41. The smallest absolute Gasteiger partial charge is 0.228 e. The summed E-state index contributed by atoms with van der Waals surface area (Å²) >= 11 is 0. The van der Waals surface area contributed by atoms with Gasteiger partial charge in [-0.2, -0.15) is 5.26 Å². The Morgan fingerprint density at radius 2 is 1.83 bits per heavy atom. The van der Waals surface area contributed by atoms with E-state index in [2.05, 4.69) is 61.2 Å². The van der Waals surface area contributed by atoms with Crippen LogP contribution >= 0.6 is 12.4 Å². The molecule has 5 rings (SSSR count). The highest BCUT2D eigenvalue weighted by Crippen LogP contribution is 2.28. The van der Waals surface area contributed by atoms with E-state index in [0.717, 1.165) is 62.6 Å². The molecule has 0 aliphatic carbocycles. The van der Waals surface area contributed by atoms with Crippen LogP contribution in [0.3, 0.4) is 0 Å². The molecular formula is C26H31ClN8O. The molecule has 2 aliphatic rings. The monoisotopic (exact) mass is 506 g/mol. The molecule has 2 aromatic heterocycles. The van der Waals surface area contributed by atoms with E-state index in [-0.39, 0.29) is 18.5 Å². The van der Waals surface area contributed by atoms with Crippen LogP contribution in [0.2, 0.25) is 0 Å². The maximum absolute atomic E-state index is 9.70. The summed E-state index contributed by atoms with van der Waals surface area (Å²) in [6, 6.07) is 13.7. The molecule has 0 amide bonds. The lowest BCUT2D eigenvalue weighted by molar-refractivity contribution is 0.207. The van der Waals surface area contributed by atoms with Crippen molar-refractivity contribution in [2.45, 2.75) is 12.5 Å². The second-order valence-electron chi connectivity index (χ2n) is 9.20. The number of nitrogens with one attached hydrogen (secondary N) is 1. The van der Waals surface area contributed by atoms with Crippen molar-refractivity contribution in [3.8, 4) is 23.1 Å². The molecule has 0 saturated carbocycles. The lowest BCUT2D eigenvalue weighted by Gasteiger charge is -2.33. The average Bonchev–Trinajstić information content (AvgIpc) is 3.30. The Labute approximate surface area is 218 Å². The fourth-order valence-electron chi connectivity index (χ4n) is 4.46. The van der Waals surface area contributed by atoms with Crippen molar-refractivity contribution in [3.63, 3.8) is 0 Å². The Morgan fingerprint density at radius 1 is 1.00 bits per heavy atom. The molecule has 0 spiro atoms. The molecule has 2 fully saturated rings. The zero-order valence-corrected chi connectivity index (χ0v) is 21.4. The van der Waals surface area contributed by atoms with Gasteiger partial charge >= 0.3 is 0 Å². The zero-order chi connectivity index (χ0) is 24.2. The van der Waals surface area contributed by atoms with Crippen molar-refractivity contribution in [3.05, 3.63) is 54.4 Å². The van der Waals surface area contributed by atoms with Crippen molar-refractivity contribution in [1.29, 1.82) is 5.26 Å². The number of likely N-dealkylation sites (N-methyl/N-ethyl adjacent to an activating group) is 2. The standard InChI is InChI=1S/C26H30N8O.ClH/c1-32-11-13-34(14-12-32)21-4-6-25(29-17-21)31-26-28-9-7-23(30-26)19-3-5-24(20(15-19)16-27)35-22-8-10-33(2)18-22;/h3-7,9,15,17,22H,8,10-14,18H2,1-2H3,(H,28,29,30,31);1H. The number of halogens is 1. The third-order valence-corrected chi connectivity index (χ3v) is 6.55. The summed E-state index contributed by atoms with van der Waals surface area (Å²) in [7, 11) is 4.23. The molecule has 1 unspecified atom stereocenters. The lowest BCUT2D eigenvalue weighted by Crippen LogP contribution is -2.44. The van der Waals surface area contributed by atoms with Crippen molar-refractivity contribution < 1.29 is 4.74 Å². The second-order valence-corrected chi connectivity index (χ2v) is 9.20. The van der Waals surface area contributed by atoms with Crippen LogP contribution in [-0.2, 0) is 0 Å². The quantitative estimate of drug-likeness (QED) is 0.539. The Bertz CT molecular complexity index is 1210. The minimum absolute atomic E-state index is 0. The molecule has 1 aromatic carbocycles. The van der Waals surface area contributed by atoms with Crippen molar-refractivity contribution in [2.75, 3.05) is 63.6 Å². The van der Waals surface area contributed by atoms with Crippen molar-refractivity contribution >= 4 is 29.9 Å². The zero-order valence-electron chi connectivity index (χ0n) is 20.6. The summed E-state index contributed by atoms with van der Waals surface area (Å²) in [5, 5.41) is 12.9. The van der Waals surface area contributed by atoms with Gasteiger partial charge in [-0.1, -0.05) is 0 Å². The molecular weight excluding hydrogens is 476 g/mol. The number of hydrogen-bond donors (Lipinski definition) is 1. The summed E-state index contributed by atoms with van der Waals surface area (Å²) in [6.07, 6.45) is 4.67. The van der Waals surface area contributed by atoms with Gasteiger partial charge in [0.15, 0.2) is 0 Å². The van der Waals surface area contributed by atoms with Crippen LogP contribution < -0.4 is 15.0 Å². The third kappa shape index (κ3) is 6.02. The van der Waals surface area contributed by atoms with Crippen molar-refractivity contribution in [2.24, 2.45) is 0 Å². The van der Waals surface area contributed by atoms with Gasteiger partial charge in [0.25, 0.3) is 0 Å². The van der Waals surface area contributed by atoms with Gasteiger partial charge in [0, 0.05) is 51.0 Å². The van der Waals surface area contributed by atoms with Gasteiger partial charge < -0.3 is 24.8 Å². The Balaban J connectivity index is 0.00000304. The van der Waals surface area contributed by atoms with E-state index in [0.29, 0.717) is 23.1 Å². The number of piperazine rings is 1. The molecule has 2 saturated heterocycles. The summed E-state index contributed by atoms with van der Waals surface area (Å²) in [4.78, 5) is 20.5. The van der Waals surface area contributed by atoms with Gasteiger partial charge in [0.2, 0.25) is 5.95 Å². The number of pyridine rings is 1. The van der Waals surface area contributed by atoms with Crippen LogP contribution in [0.15, 0.2) is 48.8 Å². The molecule has 0 bridgehead atoms. The first-order valence-electron chi connectivity index (χ1n) is 12.0. The largest absolute Gasteiger partial charge is 0.488 e. The molecule has 1 N–H and O–H groups in total. The van der Waals surface area contributed by atoms with Crippen LogP contribution in [0, 0.1) is 11.3 Å². The predicted molar refractivity (Wildman–Crippen MR) is 143 cm³/mol. The van der Waals surface area contributed by atoms with Gasteiger partial charge in [-0.3, -0.25) is 0 Å². The number of nitrogens with zero attached hydrogens (tertiary/aromatic N) is 7. The maximum Gasteiger partial charge on any atom is 0.228 e. The highest BCUT2D eigenvalue weighted by molar-refractivity contribution is 5.85. The van der Waals surface area contributed by atoms with Gasteiger partial charge in [-0.25, -0.2) is 15.0 Å². The number of benzene rings is 1. The van der Waals surface area contributed by atoms with E-state index >= 15 is 0 Å². The third-order valence-electron chi connectivity index (χ3n) is 6.55. The van der Waals surface area contributed by atoms with Gasteiger partial charge in [-0.05, 0) is 56.9 Å². The number of likely N-dealkylation sites (tertiary alicyclic amines) is 1. The number of aromatic nitrogens is 3. The molecule has 9 nitrogen and oxygen atoms in total. The van der Waals surface area contributed by atoms with Crippen LogP contribution in [0.1, 0.15) is 12.0 Å². The number of ether oxygens (including phenoxy) is 1. The number of hydrogen-bond acceptors (Lipinski definition) is 9. The first-order valence-corrected chi connectivity index (χ1v) is 12.0. The van der Waals surface area contributed by atoms with Crippen LogP contribution in [-0.4, -0.2) is 84.2 Å². The molecule has 1 atom stereocenters. The molecule has 4 heterocycles. The normalized spacial score (nSPS) is 18.4. The first kappa shape index (κ1) is 25.6.